The second-order valence-corrected chi connectivity index (χ2v) is 0. The second kappa shape index (κ2) is 97.2. The van der Waals surface area contributed by atoms with Crippen molar-refractivity contribution in [3.63, 3.8) is 0 Å². The van der Waals surface area contributed by atoms with E-state index >= 15 is 0 Å². The molecule has 0 heterocycles. The van der Waals surface area contributed by atoms with Crippen LogP contribution < -0.4 is 0 Å². The molecule has 0 unspecified atom stereocenters. The van der Waals surface area contributed by atoms with Crippen molar-refractivity contribution in [2.45, 2.75) is 0 Å². The fourth-order valence-electron chi connectivity index (χ4n) is 0. The van der Waals surface area contributed by atoms with Gasteiger partial charge in [-0.2, -0.15) is 0 Å². The van der Waals surface area contributed by atoms with Crippen LogP contribution in [0.15, 0.2) is 0 Å². The minimum absolute atomic E-state index is 0. The molecule has 0 saturated heterocycles. The molecular formula is H12Ba2CaO6W+6. The van der Waals surface area contributed by atoms with Crippen molar-refractivity contribution < 1.29 is 53.9 Å². The summed E-state index contributed by atoms with van der Waals surface area (Å²) in [5.41, 5.74) is 0. The molecule has 0 bridgehead atoms. The predicted octanol–water partition coefficient (Wildman–Crippen LogP) is -6.09. The molecule has 0 amide bonds. The molecule has 0 aliphatic carbocycles. The van der Waals surface area contributed by atoms with Crippen LogP contribution in [0.3, 0.4) is 0 Å². The summed E-state index contributed by atoms with van der Waals surface area (Å²) in [6.07, 6.45) is 0. The Balaban J connectivity index is 0. The van der Waals surface area contributed by atoms with Gasteiger partial charge in [0, 0.05) is 21.1 Å². The average Bonchev–Trinajstić information content (AvgIpc) is 0. The van der Waals surface area contributed by atoms with Gasteiger partial charge in [-0.3, -0.25) is 0 Å². The molecule has 12 N–H and O–H groups in total. The zero-order valence-corrected chi connectivity index (χ0v) is 19.6. The average molecular weight is 607 g/mol. The van der Waals surface area contributed by atoms with Gasteiger partial charge >= 0.3 is 136 Å². The second-order valence-electron chi connectivity index (χ2n) is 0. The van der Waals surface area contributed by atoms with Gasteiger partial charge in [0.05, 0.1) is 0 Å². The van der Waals surface area contributed by atoms with Crippen LogP contribution in [0.4, 0.5) is 0 Å². The summed E-state index contributed by atoms with van der Waals surface area (Å²) in [6, 6.07) is 0. The minimum Gasteiger partial charge on any atom is -0.412 e. The normalized spacial score (nSPS) is 0. The van der Waals surface area contributed by atoms with Crippen molar-refractivity contribution in [2.75, 3.05) is 0 Å². The molecule has 0 spiro atoms. The first-order valence-electron chi connectivity index (χ1n) is 0. The topological polar surface area (TPSA) is 189 Å². The molecule has 0 aliphatic rings. The number of hydrogen-bond donors (Lipinski definition) is 0. The van der Waals surface area contributed by atoms with Crippen LogP contribution in [-0.2, 0) is 21.1 Å². The molecule has 10 heteroatoms. The van der Waals surface area contributed by atoms with Crippen LogP contribution >= 0.6 is 0 Å². The van der Waals surface area contributed by atoms with E-state index in [0.717, 1.165) is 0 Å². The first-order chi connectivity index (χ1) is 0. The molecule has 0 radical (unpaired) electrons. The van der Waals surface area contributed by atoms with Gasteiger partial charge in [-0.1, -0.05) is 0 Å². The Labute approximate surface area is 184 Å². The van der Waals surface area contributed by atoms with Crippen LogP contribution in [0.1, 0.15) is 0 Å². The largest absolute Gasteiger partial charge is 2.00 e. The van der Waals surface area contributed by atoms with E-state index in [2.05, 4.69) is 0 Å². The molecule has 6 nitrogen and oxygen atoms in total. The zero-order valence-electron chi connectivity index (χ0n) is 5.53. The summed E-state index contributed by atoms with van der Waals surface area (Å²) in [5.74, 6) is 0. The van der Waals surface area contributed by atoms with Gasteiger partial charge in [0.2, 0.25) is 0 Å². The third-order valence-electron chi connectivity index (χ3n) is 0. The summed E-state index contributed by atoms with van der Waals surface area (Å²) in [7, 11) is 0. The monoisotopic (exact) mass is 608 g/mol. The van der Waals surface area contributed by atoms with Crippen LogP contribution in [0, 0.1) is 0 Å². The molecule has 0 aromatic carbocycles. The van der Waals surface area contributed by atoms with Crippen molar-refractivity contribution in [1.29, 1.82) is 0 Å². The van der Waals surface area contributed by atoms with Crippen molar-refractivity contribution in [1.82, 2.24) is 0 Å². The molecule has 0 fully saturated rings. The van der Waals surface area contributed by atoms with Crippen LogP contribution in [0.2, 0.25) is 0 Å². The third kappa shape index (κ3) is 76.7. The fourth-order valence-corrected chi connectivity index (χ4v) is 0. The Hall–Kier alpha value is 4.85. The number of rotatable bonds is 0. The maximum Gasteiger partial charge on any atom is 2.00 e. The van der Waals surface area contributed by atoms with E-state index in [9.17, 15) is 0 Å². The molecule has 0 saturated carbocycles. The van der Waals surface area contributed by atoms with E-state index in [-0.39, 0.29) is 189 Å². The maximum absolute atomic E-state index is 0. The fraction of sp³-hybridized carbons (Fsp3) is 0. The molecule has 0 atom stereocenters. The summed E-state index contributed by atoms with van der Waals surface area (Å²) in [6.45, 7) is 0. The zero-order chi connectivity index (χ0) is 0. The van der Waals surface area contributed by atoms with Gasteiger partial charge in [-0.05, 0) is 0 Å². The van der Waals surface area contributed by atoms with Gasteiger partial charge in [-0.25, -0.2) is 0 Å². The quantitative estimate of drug-likeness (QED) is 0.238. The van der Waals surface area contributed by atoms with Crippen molar-refractivity contribution in [2.24, 2.45) is 0 Å². The maximum atomic E-state index is 0. The van der Waals surface area contributed by atoms with Crippen molar-refractivity contribution in [3.8, 4) is 0 Å². The Kier molecular flexibility index (Phi) is 1180. The molecular weight excluding hydrogens is 595 g/mol. The van der Waals surface area contributed by atoms with Crippen molar-refractivity contribution in [3.05, 3.63) is 0 Å². The van der Waals surface area contributed by atoms with Gasteiger partial charge in [0.1, 0.15) is 0 Å². The summed E-state index contributed by atoms with van der Waals surface area (Å²) < 4.78 is 0. The van der Waals surface area contributed by atoms with E-state index in [4.69, 9.17) is 0 Å². The van der Waals surface area contributed by atoms with E-state index in [1.54, 1.807) is 0 Å². The Morgan fingerprint density at radius 3 is 0.400 bits per heavy atom. The summed E-state index contributed by atoms with van der Waals surface area (Å²) in [4.78, 5) is 0. The van der Waals surface area contributed by atoms with E-state index in [1.807, 2.05) is 0 Å². The SMILES string of the molecule is O.O.O.O.O.O.[Ba+2].[Ba+2].[Ca+2].[W]. The van der Waals surface area contributed by atoms with Gasteiger partial charge in [0.25, 0.3) is 0 Å². The third-order valence-corrected chi connectivity index (χ3v) is 0. The van der Waals surface area contributed by atoms with E-state index in [0.29, 0.717) is 0 Å². The molecule has 0 aromatic heterocycles. The van der Waals surface area contributed by atoms with Gasteiger partial charge in [0.15, 0.2) is 0 Å². The Bertz CT molecular complexity index is 15.7. The van der Waals surface area contributed by atoms with Crippen LogP contribution in [0.25, 0.3) is 0 Å². The summed E-state index contributed by atoms with van der Waals surface area (Å²) in [5, 5.41) is 0. The van der Waals surface area contributed by atoms with Gasteiger partial charge in [-0.15, -0.1) is 0 Å². The Morgan fingerprint density at radius 2 is 0.400 bits per heavy atom. The molecule has 10 heavy (non-hydrogen) atoms. The molecule has 0 aliphatic heterocycles. The summed E-state index contributed by atoms with van der Waals surface area (Å²) >= 11 is 0. The minimum atomic E-state index is 0. The first kappa shape index (κ1) is 121. The van der Waals surface area contributed by atoms with Crippen LogP contribution in [-0.4, -0.2) is 168 Å². The molecule has 0 aromatic rings. The number of hydrogen-bond acceptors (Lipinski definition) is 0. The Morgan fingerprint density at radius 1 is 0.400 bits per heavy atom. The standard InChI is InChI=1S/2Ba.Ca.6H2O.W/h;;;6*1H2;/q3*+2;;;;;;;. The van der Waals surface area contributed by atoms with Crippen molar-refractivity contribution >= 4 is 136 Å². The van der Waals surface area contributed by atoms with Gasteiger partial charge < -0.3 is 32.9 Å². The smallest absolute Gasteiger partial charge is 0.412 e. The molecule has 0 rings (SSSR count). The van der Waals surface area contributed by atoms with E-state index < -0.39 is 0 Å². The predicted molar refractivity (Wildman–Crippen MR) is 38.9 cm³/mol. The first-order valence-corrected chi connectivity index (χ1v) is 0. The molecule has 54 valence electrons. The van der Waals surface area contributed by atoms with E-state index in [1.165, 1.54) is 0 Å². The van der Waals surface area contributed by atoms with Crippen LogP contribution in [0.5, 0.6) is 0 Å².